The van der Waals surface area contributed by atoms with Crippen molar-refractivity contribution in [2.24, 2.45) is 0 Å². The monoisotopic (exact) mass is 592 g/mol. The van der Waals surface area contributed by atoms with Gasteiger partial charge in [-0.25, -0.2) is 21.6 Å². The maximum Gasteiger partial charge on any atom is 0.374 e. The summed E-state index contributed by atoms with van der Waals surface area (Å²) in [6.07, 6.45) is 2.97. The third kappa shape index (κ3) is 5.54. The standard InChI is InChI=1S/C29H36O9S2/c1-8-29(9-2,22-12-14-24-20(16-22)17-25(38-24)27(31)36-10-3)21-11-13-23(19(4)15-21)37-18-26(30)28(5,39(6,32)33)40(7,34)35/h11-17H,8-10,18H2,1-7H3. The van der Waals surface area contributed by atoms with Gasteiger partial charge < -0.3 is 13.9 Å². The SMILES string of the molecule is CCOC(=O)c1cc2cc(C(CC)(CC)c3ccc(OCC(=O)C(C)(S(C)(=O)=O)S(C)(=O)=O)c(C)c3)ccc2o1. The van der Waals surface area contributed by atoms with E-state index in [1.54, 1.807) is 26.0 Å². The molecule has 40 heavy (non-hydrogen) atoms. The number of hydrogen-bond donors (Lipinski definition) is 0. The highest BCUT2D eigenvalue weighted by atomic mass is 32.3. The number of carbonyl (C=O) groups is 2. The fourth-order valence-corrected chi connectivity index (χ4v) is 8.09. The molecule has 1 aromatic heterocycles. The van der Waals surface area contributed by atoms with Crippen molar-refractivity contribution in [3.05, 3.63) is 64.9 Å². The number of rotatable bonds is 12. The molecule has 1 heterocycles. The molecule has 0 saturated heterocycles. The third-order valence-electron chi connectivity index (χ3n) is 7.76. The molecule has 3 aromatic rings. The highest BCUT2D eigenvalue weighted by Gasteiger charge is 2.52. The largest absolute Gasteiger partial charge is 0.485 e. The van der Waals surface area contributed by atoms with E-state index in [1.165, 1.54) is 0 Å². The van der Waals surface area contributed by atoms with Crippen LogP contribution in [0, 0.1) is 6.92 Å². The quantitative estimate of drug-likeness (QED) is 0.272. The molecule has 0 N–H and O–H groups in total. The Morgan fingerprint density at radius 3 is 1.98 bits per heavy atom. The van der Waals surface area contributed by atoms with Crippen LogP contribution in [0.4, 0.5) is 0 Å². The Bertz CT molecular complexity index is 1610. The zero-order valence-corrected chi connectivity index (χ0v) is 25.5. The van der Waals surface area contributed by atoms with E-state index in [0.29, 0.717) is 16.9 Å². The number of hydrogen-bond acceptors (Lipinski definition) is 9. The van der Waals surface area contributed by atoms with E-state index < -0.39 is 42.1 Å². The van der Waals surface area contributed by atoms with Crippen molar-refractivity contribution in [3.8, 4) is 5.75 Å². The smallest absolute Gasteiger partial charge is 0.374 e. The fourth-order valence-electron chi connectivity index (χ4n) is 4.95. The van der Waals surface area contributed by atoms with Gasteiger partial charge in [-0.1, -0.05) is 32.0 Å². The van der Waals surface area contributed by atoms with Crippen LogP contribution in [-0.2, 0) is 34.6 Å². The van der Waals surface area contributed by atoms with Gasteiger partial charge in [0, 0.05) is 23.3 Å². The highest BCUT2D eigenvalue weighted by Crippen LogP contribution is 2.41. The number of furan rings is 1. The van der Waals surface area contributed by atoms with Gasteiger partial charge in [-0.3, -0.25) is 4.79 Å². The summed E-state index contributed by atoms with van der Waals surface area (Å²) in [5.41, 5.74) is 2.92. The summed E-state index contributed by atoms with van der Waals surface area (Å²) in [4.78, 5) is 25.0. The fraction of sp³-hybridized carbons (Fsp3) is 0.448. The van der Waals surface area contributed by atoms with E-state index in [0.717, 1.165) is 48.8 Å². The van der Waals surface area contributed by atoms with E-state index in [1.807, 2.05) is 30.3 Å². The van der Waals surface area contributed by atoms with Gasteiger partial charge in [0.05, 0.1) is 6.61 Å². The molecule has 0 atom stereocenters. The van der Waals surface area contributed by atoms with E-state index in [-0.39, 0.29) is 17.8 Å². The van der Waals surface area contributed by atoms with Crippen LogP contribution in [0.3, 0.4) is 0 Å². The first-order valence-corrected chi connectivity index (χ1v) is 16.7. The minimum atomic E-state index is -4.27. The van der Waals surface area contributed by atoms with Crippen LogP contribution in [0.1, 0.15) is 67.8 Å². The molecule has 0 aliphatic heterocycles. The summed E-state index contributed by atoms with van der Waals surface area (Å²) in [6.45, 7) is 8.13. The number of benzene rings is 2. The molecule has 0 aliphatic rings. The van der Waals surface area contributed by atoms with Crippen molar-refractivity contribution in [2.45, 2.75) is 57.0 Å². The van der Waals surface area contributed by atoms with E-state index in [9.17, 15) is 26.4 Å². The Kier molecular flexibility index (Phi) is 8.91. The van der Waals surface area contributed by atoms with Gasteiger partial charge in [0.15, 0.2) is 19.7 Å². The van der Waals surface area contributed by atoms with E-state index in [4.69, 9.17) is 13.9 Å². The second-order valence-electron chi connectivity index (χ2n) is 10.1. The molecule has 0 spiro atoms. The molecule has 9 nitrogen and oxygen atoms in total. The maximum absolute atomic E-state index is 12.8. The zero-order chi connectivity index (χ0) is 30.1. The topological polar surface area (TPSA) is 134 Å². The van der Waals surface area contributed by atoms with Gasteiger partial charge in [-0.15, -0.1) is 0 Å². The maximum atomic E-state index is 12.8. The molecule has 0 aliphatic carbocycles. The molecule has 2 aromatic carbocycles. The van der Waals surface area contributed by atoms with Crippen LogP contribution >= 0.6 is 0 Å². The molecule has 0 radical (unpaired) electrons. The summed E-state index contributed by atoms with van der Waals surface area (Å²) in [5.74, 6) is -1.10. The Hall–Kier alpha value is -3.18. The second kappa shape index (κ2) is 11.4. The van der Waals surface area contributed by atoms with Gasteiger partial charge in [-0.05, 0) is 74.6 Å². The van der Waals surface area contributed by atoms with Crippen molar-refractivity contribution in [1.82, 2.24) is 0 Å². The number of ether oxygens (including phenoxy) is 2. The molecule has 11 heteroatoms. The van der Waals surface area contributed by atoms with Crippen LogP contribution in [-0.4, -0.2) is 58.4 Å². The van der Waals surface area contributed by atoms with Crippen molar-refractivity contribution >= 4 is 42.4 Å². The molecule has 0 bridgehead atoms. The van der Waals surface area contributed by atoms with Crippen molar-refractivity contribution in [1.29, 1.82) is 0 Å². The lowest BCUT2D eigenvalue weighted by molar-refractivity contribution is -0.121. The van der Waals surface area contributed by atoms with E-state index in [2.05, 4.69) is 13.8 Å². The van der Waals surface area contributed by atoms with Crippen LogP contribution in [0.2, 0.25) is 0 Å². The number of aryl methyl sites for hydroxylation is 1. The first-order valence-electron chi connectivity index (χ1n) is 12.9. The summed E-state index contributed by atoms with van der Waals surface area (Å²) in [5, 5.41) is 0.779. The third-order valence-corrected chi connectivity index (χ3v) is 12.9. The van der Waals surface area contributed by atoms with Crippen molar-refractivity contribution in [3.63, 3.8) is 0 Å². The molecule has 218 valence electrons. The van der Waals surface area contributed by atoms with Gasteiger partial charge in [0.25, 0.3) is 0 Å². The van der Waals surface area contributed by atoms with Crippen LogP contribution in [0.5, 0.6) is 5.75 Å². The minimum absolute atomic E-state index is 0.141. The second-order valence-corrected chi connectivity index (χ2v) is 15.0. The molecule has 0 saturated carbocycles. The molecular weight excluding hydrogens is 556 g/mol. The zero-order valence-electron chi connectivity index (χ0n) is 23.9. The lowest BCUT2D eigenvalue weighted by atomic mass is 9.70. The molecule has 0 fully saturated rings. The van der Waals surface area contributed by atoms with Crippen LogP contribution in [0.15, 0.2) is 46.9 Å². The predicted octanol–water partition coefficient (Wildman–Crippen LogP) is 4.78. The molecule has 3 rings (SSSR count). The highest BCUT2D eigenvalue weighted by molar-refractivity contribution is 8.10. The molecular formula is C29H36O9S2. The Labute approximate surface area is 235 Å². The summed E-state index contributed by atoms with van der Waals surface area (Å²) in [7, 11) is -8.54. The number of ketones is 1. The average molecular weight is 593 g/mol. The van der Waals surface area contributed by atoms with Gasteiger partial charge in [0.1, 0.15) is 17.9 Å². The summed E-state index contributed by atoms with van der Waals surface area (Å²) in [6, 6.07) is 13.0. The lowest BCUT2D eigenvalue weighted by Gasteiger charge is -2.34. The minimum Gasteiger partial charge on any atom is -0.485 e. The Morgan fingerprint density at radius 1 is 0.875 bits per heavy atom. The van der Waals surface area contributed by atoms with Crippen molar-refractivity contribution < 1.29 is 40.3 Å². The Balaban J connectivity index is 1.95. The van der Waals surface area contributed by atoms with Crippen LogP contribution < -0.4 is 4.74 Å². The summed E-state index contributed by atoms with van der Waals surface area (Å²) >= 11 is 0. The Morgan fingerprint density at radius 2 is 1.45 bits per heavy atom. The van der Waals surface area contributed by atoms with E-state index >= 15 is 0 Å². The van der Waals surface area contributed by atoms with Crippen molar-refractivity contribution in [2.75, 3.05) is 25.7 Å². The lowest BCUT2D eigenvalue weighted by Crippen LogP contribution is -2.51. The number of fused-ring (bicyclic) bond motifs is 1. The molecule has 0 amide bonds. The summed E-state index contributed by atoms with van der Waals surface area (Å²) < 4.78 is 62.7. The first-order chi connectivity index (χ1) is 18.6. The number of carbonyl (C=O) groups excluding carboxylic acids is 2. The van der Waals surface area contributed by atoms with Gasteiger partial charge in [-0.2, -0.15) is 0 Å². The van der Waals surface area contributed by atoms with Gasteiger partial charge >= 0.3 is 5.97 Å². The van der Waals surface area contributed by atoms with Crippen LogP contribution in [0.25, 0.3) is 11.0 Å². The van der Waals surface area contributed by atoms with Gasteiger partial charge in [0.2, 0.25) is 15.6 Å². The number of sulfone groups is 2. The first kappa shape index (κ1) is 31.3. The number of esters is 1. The molecule has 0 unspecified atom stereocenters. The number of Topliss-reactive ketones (excluding diaryl/α,β-unsaturated/α-hetero) is 1. The average Bonchev–Trinajstić information content (AvgIpc) is 3.31. The normalized spacial score (nSPS) is 12.9. The predicted molar refractivity (Wildman–Crippen MR) is 153 cm³/mol.